The first-order chi connectivity index (χ1) is 15.8. The van der Waals surface area contributed by atoms with Crippen LogP contribution in [0.4, 0.5) is 9.59 Å². The molecule has 180 valence electrons. The number of aryl methyl sites for hydroxylation is 1. The molecule has 0 bridgehead atoms. The van der Waals surface area contributed by atoms with Crippen LogP contribution in [0.25, 0.3) is 0 Å². The van der Waals surface area contributed by atoms with Crippen LogP contribution in [-0.4, -0.2) is 85.7 Å². The minimum Gasteiger partial charge on any atom is -0.463 e. The van der Waals surface area contributed by atoms with Gasteiger partial charge in [0.1, 0.15) is 0 Å². The van der Waals surface area contributed by atoms with Gasteiger partial charge in [-0.3, -0.25) is 9.80 Å². The Kier molecular flexibility index (Phi) is 8.32. The molecular formula is C24H35N5O4. The van der Waals surface area contributed by atoms with Crippen LogP contribution in [0.5, 0.6) is 0 Å². The molecule has 0 spiro atoms. The van der Waals surface area contributed by atoms with Crippen molar-refractivity contribution in [2.75, 3.05) is 52.9 Å². The summed E-state index contributed by atoms with van der Waals surface area (Å²) in [5.41, 5.74) is 3.01. The van der Waals surface area contributed by atoms with Gasteiger partial charge in [0.15, 0.2) is 0 Å². The third-order valence-electron chi connectivity index (χ3n) is 6.04. The van der Waals surface area contributed by atoms with Gasteiger partial charge in [-0.1, -0.05) is 36.8 Å². The first-order valence-corrected chi connectivity index (χ1v) is 11.6. The van der Waals surface area contributed by atoms with Gasteiger partial charge in [0.05, 0.1) is 18.2 Å². The fourth-order valence-corrected chi connectivity index (χ4v) is 4.07. The summed E-state index contributed by atoms with van der Waals surface area (Å²) in [5.74, 6) is -0.428. The lowest BCUT2D eigenvalue weighted by molar-refractivity contribution is -0.139. The zero-order valence-electron chi connectivity index (χ0n) is 20.0. The molecule has 2 aliphatic rings. The number of carbonyl (C=O) groups is 3. The van der Waals surface area contributed by atoms with Gasteiger partial charge in [-0.15, -0.1) is 0 Å². The van der Waals surface area contributed by atoms with E-state index < -0.39 is 12.0 Å². The van der Waals surface area contributed by atoms with Crippen molar-refractivity contribution in [3.8, 4) is 0 Å². The van der Waals surface area contributed by atoms with Crippen molar-refractivity contribution < 1.29 is 19.1 Å². The van der Waals surface area contributed by atoms with E-state index in [-0.39, 0.29) is 18.7 Å². The highest BCUT2D eigenvalue weighted by Crippen LogP contribution is 2.31. The molecular weight excluding hydrogens is 422 g/mol. The summed E-state index contributed by atoms with van der Waals surface area (Å²) in [6.07, 6.45) is 0.896. The Morgan fingerprint density at radius 2 is 1.79 bits per heavy atom. The maximum absolute atomic E-state index is 13.1. The molecule has 1 saturated heterocycles. The second-order valence-electron chi connectivity index (χ2n) is 8.43. The van der Waals surface area contributed by atoms with Gasteiger partial charge >= 0.3 is 18.0 Å². The number of nitrogens with one attached hydrogen (secondary N) is 2. The predicted molar refractivity (Wildman–Crippen MR) is 126 cm³/mol. The molecule has 4 amide bonds. The SMILES string of the molecule is CCCNC(=O)N1CCN(CC2=C(C(=O)OCC)[C@@H](c3ccc(C)cc3)NC(=O)N2C)CC1. The maximum Gasteiger partial charge on any atom is 0.338 e. The summed E-state index contributed by atoms with van der Waals surface area (Å²) in [6, 6.07) is 6.89. The van der Waals surface area contributed by atoms with Gasteiger partial charge in [-0.25, -0.2) is 14.4 Å². The molecule has 9 nitrogen and oxygen atoms in total. The minimum absolute atomic E-state index is 0.0449. The molecule has 9 heteroatoms. The van der Waals surface area contributed by atoms with Crippen molar-refractivity contribution in [1.29, 1.82) is 0 Å². The molecule has 1 aromatic carbocycles. The van der Waals surface area contributed by atoms with E-state index in [4.69, 9.17) is 4.74 Å². The number of rotatable bonds is 7. The van der Waals surface area contributed by atoms with Crippen LogP contribution >= 0.6 is 0 Å². The van der Waals surface area contributed by atoms with Gasteiger partial charge < -0.3 is 20.3 Å². The summed E-state index contributed by atoms with van der Waals surface area (Å²) in [6.45, 7) is 9.62. The average molecular weight is 458 g/mol. The Hall–Kier alpha value is -3.07. The van der Waals surface area contributed by atoms with Gasteiger partial charge in [-0.05, 0) is 25.8 Å². The highest BCUT2D eigenvalue weighted by atomic mass is 16.5. The zero-order chi connectivity index (χ0) is 24.0. The number of nitrogens with zero attached hydrogens (tertiary/aromatic N) is 3. The fourth-order valence-electron chi connectivity index (χ4n) is 4.07. The Labute approximate surface area is 195 Å². The van der Waals surface area contributed by atoms with E-state index in [0.29, 0.717) is 50.5 Å². The molecule has 1 fully saturated rings. The van der Waals surface area contributed by atoms with Crippen LogP contribution in [0.15, 0.2) is 35.5 Å². The first-order valence-electron chi connectivity index (χ1n) is 11.6. The molecule has 3 rings (SSSR count). The van der Waals surface area contributed by atoms with Gasteiger partial charge in [-0.2, -0.15) is 0 Å². The maximum atomic E-state index is 13.1. The molecule has 2 N–H and O–H groups in total. The Morgan fingerprint density at radius 1 is 1.12 bits per heavy atom. The third kappa shape index (κ3) is 5.84. The van der Waals surface area contributed by atoms with E-state index in [1.54, 1.807) is 18.9 Å². The quantitative estimate of drug-likeness (QED) is 0.613. The van der Waals surface area contributed by atoms with E-state index in [2.05, 4.69) is 15.5 Å². The van der Waals surface area contributed by atoms with Crippen molar-refractivity contribution in [2.24, 2.45) is 0 Å². The summed E-state index contributed by atoms with van der Waals surface area (Å²) < 4.78 is 5.39. The fraction of sp³-hybridized carbons (Fsp3) is 0.542. The highest BCUT2D eigenvalue weighted by Gasteiger charge is 2.37. The molecule has 0 radical (unpaired) electrons. The van der Waals surface area contributed by atoms with Crippen LogP contribution in [-0.2, 0) is 9.53 Å². The number of hydrogen-bond acceptors (Lipinski definition) is 5. The summed E-state index contributed by atoms with van der Waals surface area (Å²) in [4.78, 5) is 43.6. The number of carbonyl (C=O) groups excluding carboxylic acids is 3. The number of ether oxygens (including phenoxy) is 1. The number of benzene rings is 1. The molecule has 1 aromatic rings. The van der Waals surface area contributed by atoms with Crippen LogP contribution in [0.3, 0.4) is 0 Å². The summed E-state index contributed by atoms with van der Waals surface area (Å²) >= 11 is 0. The van der Waals surface area contributed by atoms with Crippen LogP contribution in [0.1, 0.15) is 37.4 Å². The largest absolute Gasteiger partial charge is 0.463 e. The molecule has 0 aliphatic carbocycles. The molecule has 2 heterocycles. The predicted octanol–water partition coefficient (Wildman–Crippen LogP) is 2.25. The monoisotopic (exact) mass is 457 g/mol. The van der Waals surface area contributed by atoms with Crippen molar-refractivity contribution in [2.45, 2.75) is 33.2 Å². The minimum atomic E-state index is -0.579. The molecule has 2 aliphatic heterocycles. The summed E-state index contributed by atoms with van der Waals surface area (Å²) in [7, 11) is 1.67. The summed E-state index contributed by atoms with van der Waals surface area (Å²) in [5, 5.41) is 5.86. The smallest absolute Gasteiger partial charge is 0.338 e. The molecule has 0 unspecified atom stereocenters. The van der Waals surface area contributed by atoms with Crippen molar-refractivity contribution in [3.63, 3.8) is 0 Å². The van der Waals surface area contributed by atoms with Crippen molar-refractivity contribution in [1.82, 2.24) is 25.3 Å². The van der Waals surface area contributed by atoms with Crippen LogP contribution in [0, 0.1) is 6.92 Å². The lowest BCUT2D eigenvalue weighted by Crippen LogP contribution is -2.54. The topological polar surface area (TPSA) is 94.2 Å². The van der Waals surface area contributed by atoms with E-state index in [0.717, 1.165) is 17.5 Å². The lowest BCUT2D eigenvalue weighted by atomic mass is 9.93. The molecule has 0 saturated carbocycles. The van der Waals surface area contributed by atoms with Crippen LogP contribution in [0.2, 0.25) is 0 Å². The standard InChI is InChI=1S/C24H35N5O4/c1-5-11-25-23(31)29-14-12-28(13-15-29)16-19-20(22(30)33-6-2)21(26-24(32)27(19)4)18-9-7-17(3)8-10-18/h7-10,21H,5-6,11-16H2,1-4H3,(H,25,31)(H,26,32)/t21-/m1/s1. The normalized spacial score (nSPS) is 19.4. The Morgan fingerprint density at radius 3 is 2.39 bits per heavy atom. The number of urea groups is 2. The average Bonchev–Trinajstić information content (AvgIpc) is 2.81. The van der Waals surface area contributed by atoms with Crippen LogP contribution < -0.4 is 10.6 Å². The highest BCUT2D eigenvalue weighted by molar-refractivity contribution is 5.95. The third-order valence-corrected chi connectivity index (χ3v) is 6.04. The van der Waals surface area contributed by atoms with E-state index in [1.165, 1.54) is 4.90 Å². The molecule has 33 heavy (non-hydrogen) atoms. The lowest BCUT2D eigenvalue weighted by Gasteiger charge is -2.39. The van der Waals surface area contributed by atoms with Gasteiger partial charge in [0, 0.05) is 52.0 Å². The van der Waals surface area contributed by atoms with Gasteiger partial charge in [0.2, 0.25) is 0 Å². The second kappa shape index (κ2) is 11.2. The van der Waals surface area contributed by atoms with E-state index in [1.807, 2.05) is 38.1 Å². The zero-order valence-corrected chi connectivity index (χ0v) is 20.0. The molecule has 1 atom stereocenters. The van der Waals surface area contributed by atoms with E-state index in [9.17, 15) is 14.4 Å². The second-order valence-corrected chi connectivity index (χ2v) is 8.43. The Balaban J connectivity index is 1.84. The van der Waals surface area contributed by atoms with Gasteiger partial charge in [0.25, 0.3) is 0 Å². The number of piperazine rings is 1. The van der Waals surface area contributed by atoms with Crippen molar-refractivity contribution in [3.05, 3.63) is 46.7 Å². The number of amides is 4. The number of likely N-dealkylation sites (N-methyl/N-ethyl adjacent to an activating group) is 1. The number of esters is 1. The van der Waals surface area contributed by atoms with E-state index >= 15 is 0 Å². The number of hydrogen-bond donors (Lipinski definition) is 2. The first kappa shape index (κ1) is 24.6. The van der Waals surface area contributed by atoms with Crippen molar-refractivity contribution >= 4 is 18.0 Å². The molecule has 0 aromatic heterocycles. The Bertz CT molecular complexity index is 891.